The van der Waals surface area contributed by atoms with Crippen molar-refractivity contribution in [1.29, 1.82) is 0 Å². The molecule has 53 nitrogen and oxygen atoms in total. The molecule has 10 fully saturated rings. The smallest absolute Gasteiger partial charge is 0.217 e. The zero-order chi connectivity index (χ0) is 89.1. The minimum absolute atomic E-state index is 0.858. The molecule has 10 saturated heterocycles. The van der Waals surface area contributed by atoms with Crippen molar-refractivity contribution in [2.75, 3.05) is 52.9 Å². The van der Waals surface area contributed by atoms with Crippen molar-refractivity contribution in [2.45, 2.75) is 348 Å². The maximum atomic E-state index is 13.6. The van der Waals surface area contributed by atoms with Crippen molar-refractivity contribution in [3.8, 4) is 0 Å². The molecular formula is C68H114N4O49. The normalized spacial score (nSPS) is 50.0. The fraction of sp³-hybridized carbons (Fsp3) is 0.941. The van der Waals surface area contributed by atoms with Gasteiger partial charge >= 0.3 is 0 Å². The highest BCUT2D eigenvalue weighted by molar-refractivity contribution is 5.74. The summed E-state index contributed by atoms with van der Waals surface area (Å²) < 4.78 is 115. The zero-order valence-corrected chi connectivity index (χ0v) is 65.5. The minimum Gasteiger partial charge on any atom is -0.394 e. The summed E-state index contributed by atoms with van der Waals surface area (Å²) in [5, 5.41) is 301. The lowest BCUT2D eigenvalue weighted by molar-refractivity contribution is -0.405. The fourth-order valence-electron chi connectivity index (χ4n) is 15.8. The third-order valence-corrected chi connectivity index (χ3v) is 22.4. The number of carbonyl (C=O) groups excluding carboxylic acids is 4. The highest BCUT2D eigenvalue weighted by Crippen LogP contribution is 2.42. The summed E-state index contributed by atoms with van der Waals surface area (Å²) in [5.41, 5.74) is 0. The van der Waals surface area contributed by atoms with Crippen LogP contribution >= 0.6 is 0 Å². The quantitative estimate of drug-likeness (QED) is 0.0318. The monoisotopic (exact) mass is 1770 g/mol. The predicted octanol–water partition coefficient (Wildman–Crippen LogP) is -20.2. The second-order valence-corrected chi connectivity index (χ2v) is 30.9. The van der Waals surface area contributed by atoms with Crippen LogP contribution in [0.15, 0.2) is 0 Å². The van der Waals surface area contributed by atoms with E-state index >= 15 is 0 Å². The minimum atomic E-state index is -2.54. The summed E-state index contributed by atoms with van der Waals surface area (Å²) in [6.07, 6.45) is -96.3. The molecule has 121 heavy (non-hydrogen) atoms. The van der Waals surface area contributed by atoms with E-state index in [1.54, 1.807) is 0 Å². The molecule has 0 bridgehead atoms. The number of aliphatic hydroxyl groups is 26. The first-order valence-corrected chi connectivity index (χ1v) is 38.9. The van der Waals surface area contributed by atoms with Gasteiger partial charge in [-0.05, 0) is 13.8 Å². The standard InChI is InChI=1S/C68H114N4O49/c1-15-33(84)44(95)48(99)64(104-15)120-57-55(118-61-29(69-17(3)80)41(92)35(86)21(7-73)107-61)39(90)25(11-77)111-67(57)115-51-27(13-79)112-60(31(43(51)94)71-19(5)82)103-14-28-40(91)56(119-62-30(70-18(4)81)42(93)36(87)22(8-74)108-62)58(121-65-49(100)45(96)34(85)16(2)105-65)68(113-28)116-53-32(72-20(6)83)63(109-23(9-75)37(53)88)117-54-38(89)24(10-76)110-66(50(54)101)114-52-26(12-78)106-59(102)47(98)46(52)97/h15-16,21-68,73-79,84-102H,7-14H2,1-6H3,(H,69,80)(H,70,81)(H,71,82)(H,72,83)/t15-,16-,21+,22+,23+,24+,25+,26+,27+,28+,29+,30+,31+,32+,33+,34+,35-,36-,37+,38-,39-,40-,41+,42+,43+,44+,45+,46+,47+,48-,49-,50+,51+,52+,53+,54-,55-,56-,57+,58+,59+,60+,61+,62+,63-,64-,65-,66-,67-,68-/m0/s1. The Balaban J connectivity index is 1.03. The second-order valence-electron chi connectivity index (χ2n) is 30.9. The van der Waals surface area contributed by atoms with Crippen molar-refractivity contribution in [3.63, 3.8) is 0 Å². The fourth-order valence-corrected chi connectivity index (χ4v) is 15.8. The van der Waals surface area contributed by atoms with Gasteiger partial charge in [0.1, 0.15) is 232 Å². The highest BCUT2D eigenvalue weighted by atomic mass is 16.8. The molecule has 0 unspecified atom stereocenters. The van der Waals surface area contributed by atoms with Crippen molar-refractivity contribution < 1.29 is 242 Å². The molecule has 0 aromatic rings. The average molecular weight is 1770 g/mol. The van der Waals surface area contributed by atoms with E-state index in [0.29, 0.717) is 0 Å². The molecule has 10 aliphatic heterocycles. The number of ether oxygens (including phenoxy) is 19. The average Bonchev–Trinajstić information content (AvgIpc) is 0.761. The van der Waals surface area contributed by atoms with Crippen molar-refractivity contribution in [3.05, 3.63) is 0 Å². The summed E-state index contributed by atoms with van der Waals surface area (Å²) in [6, 6.07) is -7.85. The maximum absolute atomic E-state index is 13.6. The van der Waals surface area contributed by atoms with Crippen LogP contribution in [-0.4, -0.2) is 516 Å². The van der Waals surface area contributed by atoms with Crippen LogP contribution in [0.1, 0.15) is 41.5 Å². The van der Waals surface area contributed by atoms with E-state index in [2.05, 4.69) is 21.3 Å². The molecule has 0 aromatic carbocycles. The largest absolute Gasteiger partial charge is 0.394 e. The van der Waals surface area contributed by atoms with Gasteiger partial charge < -0.3 is 244 Å². The molecule has 0 aliphatic carbocycles. The van der Waals surface area contributed by atoms with Gasteiger partial charge in [0.05, 0.1) is 65.1 Å². The first-order chi connectivity index (χ1) is 57.2. The van der Waals surface area contributed by atoms with Crippen LogP contribution in [0.5, 0.6) is 0 Å². The van der Waals surface area contributed by atoms with Gasteiger partial charge in [0.15, 0.2) is 62.9 Å². The van der Waals surface area contributed by atoms with E-state index in [1.165, 1.54) is 13.8 Å². The van der Waals surface area contributed by atoms with Gasteiger partial charge in [-0.25, -0.2) is 0 Å². The van der Waals surface area contributed by atoms with Crippen LogP contribution in [0.3, 0.4) is 0 Å². The number of aliphatic hydroxyl groups excluding tert-OH is 26. The van der Waals surface area contributed by atoms with Gasteiger partial charge in [-0.15, -0.1) is 0 Å². The Bertz CT molecular complexity index is 3270. The van der Waals surface area contributed by atoms with Gasteiger partial charge in [0, 0.05) is 27.7 Å². The number of carbonyl (C=O) groups is 4. The van der Waals surface area contributed by atoms with E-state index in [0.717, 1.165) is 27.7 Å². The lowest BCUT2D eigenvalue weighted by Gasteiger charge is -2.52. The van der Waals surface area contributed by atoms with E-state index in [9.17, 15) is 152 Å². The summed E-state index contributed by atoms with van der Waals surface area (Å²) in [6.45, 7) is -2.95. The van der Waals surface area contributed by atoms with Crippen LogP contribution in [-0.2, 0) is 109 Å². The molecule has 50 atom stereocenters. The third kappa shape index (κ3) is 21.8. The number of amides is 4. The van der Waals surface area contributed by atoms with Gasteiger partial charge in [0.2, 0.25) is 23.6 Å². The molecule has 4 amide bonds. The molecule has 0 saturated carbocycles. The third-order valence-electron chi connectivity index (χ3n) is 22.4. The Hall–Kier alpha value is -3.92. The summed E-state index contributed by atoms with van der Waals surface area (Å²) in [4.78, 5) is 52.5. The molecule has 53 heteroatoms. The van der Waals surface area contributed by atoms with Gasteiger partial charge in [-0.1, -0.05) is 0 Å². The topological polar surface area (TPSA) is 818 Å². The molecule has 0 radical (unpaired) electrons. The van der Waals surface area contributed by atoms with Crippen LogP contribution < -0.4 is 21.3 Å². The van der Waals surface area contributed by atoms with Gasteiger partial charge in [-0.2, -0.15) is 0 Å². The predicted molar refractivity (Wildman–Crippen MR) is 373 cm³/mol. The van der Waals surface area contributed by atoms with Crippen LogP contribution in [0, 0.1) is 0 Å². The highest BCUT2D eigenvalue weighted by Gasteiger charge is 2.63. The van der Waals surface area contributed by atoms with Crippen LogP contribution in [0.25, 0.3) is 0 Å². The summed E-state index contributed by atoms with van der Waals surface area (Å²) in [5.74, 6) is -3.86. The first kappa shape index (κ1) is 99.2. The number of rotatable bonds is 30. The van der Waals surface area contributed by atoms with Crippen molar-refractivity contribution >= 4 is 23.6 Å². The maximum Gasteiger partial charge on any atom is 0.217 e. The zero-order valence-electron chi connectivity index (χ0n) is 65.5. The van der Waals surface area contributed by atoms with Crippen molar-refractivity contribution in [2.24, 2.45) is 0 Å². The first-order valence-electron chi connectivity index (χ1n) is 38.9. The summed E-state index contributed by atoms with van der Waals surface area (Å²) in [7, 11) is 0. The number of hydrogen-bond donors (Lipinski definition) is 30. The van der Waals surface area contributed by atoms with Gasteiger partial charge in [-0.3, -0.25) is 19.2 Å². The Labute approximate surface area is 686 Å². The Morgan fingerprint density at radius 3 is 0.950 bits per heavy atom. The van der Waals surface area contributed by atoms with Crippen molar-refractivity contribution in [1.82, 2.24) is 21.3 Å². The molecule has 0 aromatic heterocycles. The summed E-state index contributed by atoms with van der Waals surface area (Å²) >= 11 is 0. The van der Waals surface area contributed by atoms with Gasteiger partial charge in [0.25, 0.3) is 0 Å². The Kier molecular flexibility index (Phi) is 35.3. The lowest BCUT2D eigenvalue weighted by atomic mass is 9.93. The van der Waals surface area contributed by atoms with E-state index in [-0.39, 0.29) is 0 Å². The molecule has 10 aliphatic rings. The second kappa shape index (κ2) is 43.0. The van der Waals surface area contributed by atoms with E-state index in [4.69, 9.17) is 90.0 Å². The van der Waals surface area contributed by atoms with E-state index in [1.807, 2.05) is 0 Å². The Morgan fingerprint density at radius 2 is 0.521 bits per heavy atom. The molecule has 0 spiro atoms. The molecule has 30 N–H and O–H groups in total. The molecule has 700 valence electrons. The number of hydrogen-bond acceptors (Lipinski definition) is 49. The Morgan fingerprint density at radius 1 is 0.231 bits per heavy atom. The van der Waals surface area contributed by atoms with Crippen LogP contribution in [0.2, 0.25) is 0 Å². The molecule has 10 rings (SSSR count). The van der Waals surface area contributed by atoms with E-state index < -0.39 is 383 Å². The lowest BCUT2D eigenvalue weighted by Crippen LogP contribution is -2.71. The van der Waals surface area contributed by atoms with Crippen LogP contribution in [0.4, 0.5) is 0 Å². The molecule has 10 heterocycles. The number of nitrogens with one attached hydrogen (secondary N) is 4. The molecular weight excluding hydrogens is 1660 g/mol. The SMILES string of the molecule is CC(=O)N[C@H]1[C@H](OC[C@H]2O[C@@H](O[C@H]3[C@H](O)[C@@H](CO)O[C@@H](O[C@H]4[C@@H](O)[C@@H](CO)O[C@@H](O[C@H]5[C@H](O)[C@@H](O)[C@H](O)O[C@@H]5CO)[C@@H]4O)[C@@H]3NC(C)=O)[C@H](O[C@@H]3O[C@@H](C)[C@@H](O)[C@@H](O)[C@@H]3O)[C@@H](O[C@H]3O[C@H](CO)[C@H](O)[C@H](O)[C@H]3NC(C)=O)[C@H]2O)O[C@H](CO)[C@@H](O[C@@H]2O[C@H](CO)[C@H](O)[C@H](O[C@H]3O[C@H](CO)[C@H](O)[C@H](O)[C@H]3NC(C)=O)[C@H]2O[C@@H]2O[C@@H](C)[C@@H](O)[C@@H](O)[C@@H]2O)[C@@H]1O.